The minimum atomic E-state index is 0.442. The Morgan fingerprint density at radius 1 is 1.46 bits per heavy atom. The molecule has 13 heavy (non-hydrogen) atoms. The molecule has 0 saturated heterocycles. The number of nitrogens with one attached hydrogen (secondary N) is 1. The molecule has 0 aromatic carbocycles. The van der Waals surface area contributed by atoms with Crippen LogP contribution in [0.4, 0.5) is 0 Å². The van der Waals surface area contributed by atoms with Crippen molar-refractivity contribution in [3.05, 3.63) is 5.82 Å². The Bertz CT molecular complexity index is 239. The van der Waals surface area contributed by atoms with Crippen molar-refractivity contribution in [2.45, 2.75) is 6.54 Å². The molecular weight excluding hydrogens is 174 g/mol. The largest absolute Gasteiger partial charge is 0.382 e. The second kappa shape index (κ2) is 5.57. The summed E-state index contributed by atoms with van der Waals surface area (Å²) in [6.07, 6.45) is 0. The predicted molar refractivity (Wildman–Crippen MR) is 43.5 cm³/mol. The quantitative estimate of drug-likeness (QED) is 0.449. The molecule has 1 rings (SSSR count). The number of tetrazole rings is 1. The lowest BCUT2D eigenvalue weighted by Crippen LogP contribution is -2.18. The summed E-state index contributed by atoms with van der Waals surface area (Å²) < 4.78 is 4.79. The van der Waals surface area contributed by atoms with Crippen LogP contribution in [0.3, 0.4) is 0 Å². The molecule has 0 saturated carbocycles. The van der Waals surface area contributed by atoms with Gasteiger partial charge in [0.25, 0.3) is 0 Å². The second-order valence-corrected chi connectivity index (χ2v) is 2.36. The minimum absolute atomic E-state index is 0.442. The maximum atomic E-state index is 5.00. The fourth-order valence-electron chi connectivity index (χ4n) is 0.707. The third-order valence-corrected chi connectivity index (χ3v) is 1.27. The van der Waals surface area contributed by atoms with Gasteiger partial charge in [-0.25, -0.2) is 0 Å². The van der Waals surface area contributed by atoms with E-state index in [9.17, 15) is 0 Å². The number of rotatable bonds is 6. The van der Waals surface area contributed by atoms with E-state index < -0.39 is 0 Å². The van der Waals surface area contributed by atoms with Gasteiger partial charge >= 0.3 is 0 Å². The van der Waals surface area contributed by atoms with Crippen LogP contribution in [-0.4, -0.2) is 40.5 Å². The number of hydrogen-bond acceptors (Lipinski definition) is 6. The van der Waals surface area contributed by atoms with E-state index in [4.69, 9.17) is 9.57 Å². The zero-order valence-electron chi connectivity index (χ0n) is 7.73. The first-order valence-corrected chi connectivity index (χ1v) is 3.89. The van der Waals surface area contributed by atoms with Crippen LogP contribution >= 0.6 is 0 Å². The van der Waals surface area contributed by atoms with Crippen molar-refractivity contribution in [1.82, 2.24) is 25.7 Å². The zero-order valence-corrected chi connectivity index (χ0v) is 7.73. The van der Waals surface area contributed by atoms with Gasteiger partial charge in [0, 0.05) is 7.11 Å². The number of nitrogens with zero attached hydrogens (tertiary/aromatic N) is 4. The van der Waals surface area contributed by atoms with Crippen LogP contribution in [0.5, 0.6) is 0 Å². The van der Waals surface area contributed by atoms with Gasteiger partial charge in [-0.15, -0.1) is 10.2 Å². The molecule has 7 heteroatoms. The Kier molecular flexibility index (Phi) is 4.30. The minimum Gasteiger partial charge on any atom is -0.382 e. The van der Waals surface area contributed by atoms with Gasteiger partial charge in [-0.05, 0) is 5.21 Å². The number of hydrogen-bond donors (Lipinski definition) is 1. The van der Waals surface area contributed by atoms with Crippen molar-refractivity contribution < 1.29 is 9.57 Å². The molecular formula is C6H13N5O2. The highest BCUT2D eigenvalue weighted by atomic mass is 16.7. The summed E-state index contributed by atoms with van der Waals surface area (Å²) in [6, 6.07) is 0. The van der Waals surface area contributed by atoms with Crippen molar-refractivity contribution in [1.29, 1.82) is 0 Å². The highest BCUT2D eigenvalue weighted by Crippen LogP contribution is 1.83. The predicted octanol–water partition coefficient (Wildman–Crippen LogP) is -1.12. The van der Waals surface area contributed by atoms with E-state index >= 15 is 0 Å². The molecule has 0 aliphatic heterocycles. The van der Waals surface area contributed by atoms with Crippen molar-refractivity contribution in [3.8, 4) is 0 Å². The molecule has 0 unspecified atom stereocenters. The molecule has 1 heterocycles. The molecule has 1 N–H and O–H groups in total. The monoisotopic (exact) mass is 187 g/mol. The fraction of sp³-hybridized carbons (Fsp3) is 0.833. The first kappa shape index (κ1) is 10.0. The van der Waals surface area contributed by atoms with Gasteiger partial charge in [-0.1, -0.05) is 0 Å². The van der Waals surface area contributed by atoms with Gasteiger partial charge < -0.3 is 4.74 Å². The second-order valence-electron chi connectivity index (χ2n) is 2.36. The fourth-order valence-corrected chi connectivity index (χ4v) is 0.707. The van der Waals surface area contributed by atoms with Crippen LogP contribution in [-0.2, 0) is 23.2 Å². The van der Waals surface area contributed by atoms with Crippen molar-refractivity contribution in [2.24, 2.45) is 7.05 Å². The van der Waals surface area contributed by atoms with Gasteiger partial charge in [0.05, 0.1) is 26.8 Å². The highest BCUT2D eigenvalue weighted by Gasteiger charge is 1.98. The van der Waals surface area contributed by atoms with E-state index in [1.165, 1.54) is 4.80 Å². The van der Waals surface area contributed by atoms with Crippen LogP contribution in [0.1, 0.15) is 5.82 Å². The smallest absolute Gasteiger partial charge is 0.190 e. The van der Waals surface area contributed by atoms with E-state index in [1.807, 2.05) is 0 Å². The Morgan fingerprint density at radius 3 is 2.92 bits per heavy atom. The van der Waals surface area contributed by atoms with E-state index in [1.54, 1.807) is 14.2 Å². The number of hydroxylamine groups is 1. The lowest BCUT2D eigenvalue weighted by Gasteiger charge is -2.01. The maximum Gasteiger partial charge on any atom is 0.190 e. The Morgan fingerprint density at radius 2 is 2.31 bits per heavy atom. The van der Waals surface area contributed by atoms with Crippen LogP contribution in [0.25, 0.3) is 0 Å². The highest BCUT2D eigenvalue weighted by molar-refractivity contribution is 4.72. The maximum absolute atomic E-state index is 5.00. The topological polar surface area (TPSA) is 74.1 Å². The van der Waals surface area contributed by atoms with Gasteiger partial charge in [0.2, 0.25) is 0 Å². The van der Waals surface area contributed by atoms with Crippen molar-refractivity contribution >= 4 is 0 Å². The average molecular weight is 187 g/mol. The van der Waals surface area contributed by atoms with Crippen LogP contribution in [0.15, 0.2) is 0 Å². The molecule has 1 aromatic rings. The van der Waals surface area contributed by atoms with Gasteiger partial charge in [0.1, 0.15) is 0 Å². The molecule has 0 radical (unpaired) electrons. The van der Waals surface area contributed by atoms with Crippen LogP contribution in [0.2, 0.25) is 0 Å². The Labute approximate surface area is 76.0 Å². The standard InChI is InChI=1S/C6H13N5O2/c1-11-9-6(8-10-11)5-7-13-4-3-12-2/h7H,3-5H2,1-2H3. The molecule has 0 aliphatic rings. The molecule has 7 nitrogen and oxygen atoms in total. The molecule has 0 amide bonds. The summed E-state index contributed by atoms with van der Waals surface area (Å²) in [5.41, 5.74) is 2.69. The Balaban J connectivity index is 2.06. The molecule has 0 atom stereocenters. The molecule has 74 valence electrons. The third-order valence-electron chi connectivity index (χ3n) is 1.27. The summed E-state index contributed by atoms with van der Waals surface area (Å²) in [5.74, 6) is 0.597. The van der Waals surface area contributed by atoms with Gasteiger partial charge in [-0.2, -0.15) is 10.3 Å². The van der Waals surface area contributed by atoms with Crippen molar-refractivity contribution in [2.75, 3.05) is 20.3 Å². The first-order valence-electron chi connectivity index (χ1n) is 3.89. The summed E-state index contributed by atoms with van der Waals surface area (Å²) >= 11 is 0. The van der Waals surface area contributed by atoms with E-state index in [0.717, 1.165) is 0 Å². The van der Waals surface area contributed by atoms with Crippen molar-refractivity contribution in [3.63, 3.8) is 0 Å². The molecule has 0 bridgehead atoms. The molecule has 1 aromatic heterocycles. The average Bonchev–Trinajstić information content (AvgIpc) is 2.51. The molecule has 0 fully saturated rings. The summed E-state index contributed by atoms with van der Waals surface area (Å²) in [5, 5.41) is 11.4. The molecule has 0 spiro atoms. The summed E-state index contributed by atoms with van der Waals surface area (Å²) in [6.45, 7) is 1.50. The number of ether oxygens (including phenoxy) is 1. The van der Waals surface area contributed by atoms with E-state index in [2.05, 4.69) is 20.9 Å². The van der Waals surface area contributed by atoms with Crippen LogP contribution < -0.4 is 5.48 Å². The third kappa shape index (κ3) is 3.92. The van der Waals surface area contributed by atoms with Gasteiger partial charge in [0.15, 0.2) is 5.82 Å². The lowest BCUT2D eigenvalue weighted by molar-refractivity contribution is 0.00244. The van der Waals surface area contributed by atoms with Crippen LogP contribution in [0, 0.1) is 0 Å². The summed E-state index contributed by atoms with van der Waals surface area (Å²) in [4.78, 5) is 6.39. The number of aromatic nitrogens is 4. The van der Waals surface area contributed by atoms with Gasteiger partial charge in [-0.3, -0.25) is 4.84 Å². The Hall–Kier alpha value is -1.05. The first-order chi connectivity index (χ1) is 6.33. The number of aryl methyl sites for hydroxylation is 1. The molecule has 0 aliphatic carbocycles. The lowest BCUT2D eigenvalue weighted by atomic mass is 10.6. The number of methoxy groups -OCH3 is 1. The van der Waals surface area contributed by atoms with E-state index in [-0.39, 0.29) is 0 Å². The summed E-state index contributed by atoms with van der Waals surface area (Å²) in [7, 11) is 3.33. The SMILES string of the molecule is COCCONCc1nnn(C)n1. The van der Waals surface area contributed by atoms with E-state index in [0.29, 0.717) is 25.6 Å². The normalized spacial score (nSPS) is 10.6. The zero-order chi connectivity index (χ0) is 9.52.